The van der Waals surface area contributed by atoms with Gasteiger partial charge in [0, 0.05) is 30.4 Å². The summed E-state index contributed by atoms with van der Waals surface area (Å²) in [5.41, 5.74) is 0.459. The number of benzene rings is 1. The number of hydrogen-bond donors (Lipinski definition) is 1. The summed E-state index contributed by atoms with van der Waals surface area (Å²) < 4.78 is 51.3. The molecule has 4 rings (SSSR count). The number of hydrogen-bond acceptors (Lipinski definition) is 6. The zero-order chi connectivity index (χ0) is 23.4. The van der Waals surface area contributed by atoms with Gasteiger partial charge in [-0.15, -0.1) is 5.10 Å². The molecule has 0 saturated carbocycles. The van der Waals surface area contributed by atoms with Crippen molar-refractivity contribution in [2.24, 2.45) is 0 Å². The Morgan fingerprint density at radius 1 is 1.15 bits per heavy atom. The lowest BCUT2D eigenvalue weighted by atomic mass is 10.1. The fourth-order valence-electron chi connectivity index (χ4n) is 3.42. The van der Waals surface area contributed by atoms with Crippen LogP contribution in [-0.4, -0.2) is 53.6 Å². The highest BCUT2D eigenvalue weighted by molar-refractivity contribution is 6.04. The van der Waals surface area contributed by atoms with E-state index >= 15 is 0 Å². The molecular weight excluding hydrogens is 439 g/mol. The van der Waals surface area contributed by atoms with Crippen LogP contribution in [0.15, 0.2) is 48.7 Å². The Morgan fingerprint density at radius 2 is 1.94 bits per heavy atom. The number of alkyl halides is 3. The fourth-order valence-corrected chi connectivity index (χ4v) is 3.42. The van der Waals surface area contributed by atoms with Crippen LogP contribution >= 0.6 is 0 Å². The number of carbonyl (C=O) groups excluding carboxylic acids is 1. The van der Waals surface area contributed by atoms with Crippen LogP contribution in [0.1, 0.15) is 23.0 Å². The number of nitrogens with one attached hydrogen (secondary N) is 1. The Balaban J connectivity index is 1.50. The highest BCUT2D eigenvalue weighted by Gasteiger charge is 2.36. The minimum atomic E-state index is -4.62. The van der Waals surface area contributed by atoms with Crippen LogP contribution in [0.25, 0.3) is 5.69 Å². The molecule has 0 radical (unpaired) electrons. The molecule has 1 aliphatic rings. The maximum atomic E-state index is 13.4. The van der Waals surface area contributed by atoms with Crippen molar-refractivity contribution in [1.29, 1.82) is 0 Å². The molecule has 3 heterocycles. The molecule has 174 valence electrons. The van der Waals surface area contributed by atoms with Crippen LogP contribution in [0.2, 0.25) is 0 Å². The van der Waals surface area contributed by atoms with Gasteiger partial charge < -0.3 is 19.7 Å². The van der Waals surface area contributed by atoms with Crippen LogP contribution in [-0.2, 0) is 10.9 Å². The van der Waals surface area contributed by atoms with Gasteiger partial charge in [0.2, 0.25) is 5.88 Å². The Labute approximate surface area is 187 Å². The molecule has 0 atom stereocenters. The van der Waals surface area contributed by atoms with E-state index < -0.39 is 11.9 Å². The zero-order valence-corrected chi connectivity index (χ0v) is 17.8. The molecular formula is C22H22F3N5O3. The summed E-state index contributed by atoms with van der Waals surface area (Å²) in [5.74, 6) is -0.312. The van der Waals surface area contributed by atoms with E-state index in [1.165, 1.54) is 18.3 Å². The van der Waals surface area contributed by atoms with E-state index in [1.807, 2.05) is 6.07 Å². The van der Waals surface area contributed by atoms with E-state index in [-0.39, 0.29) is 29.9 Å². The number of anilines is 2. The lowest BCUT2D eigenvalue weighted by Crippen LogP contribution is -2.36. The standard InChI is InChI=1S/C22H22F3N5O3/c1-2-33-20-13-18(22(23,24)25)30(28-20)17-6-7-19(26-14-17)27-21(31)15-4-3-5-16(12-15)29-8-10-32-11-9-29/h3-7,12-14H,2,8-11H2,1H3,(H,26,27,31). The molecule has 3 aromatic rings. The van der Waals surface area contributed by atoms with Crippen molar-refractivity contribution in [3.63, 3.8) is 0 Å². The van der Waals surface area contributed by atoms with Gasteiger partial charge in [-0.3, -0.25) is 4.79 Å². The minimum absolute atomic E-state index is 0.0839. The number of rotatable bonds is 6. The third kappa shape index (κ3) is 5.25. The van der Waals surface area contributed by atoms with Crippen molar-refractivity contribution in [2.75, 3.05) is 43.1 Å². The average molecular weight is 461 g/mol. The second-order valence-electron chi connectivity index (χ2n) is 7.22. The molecule has 0 unspecified atom stereocenters. The Kier molecular flexibility index (Phi) is 6.50. The number of halogens is 3. The number of ether oxygens (including phenoxy) is 2. The van der Waals surface area contributed by atoms with Crippen LogP contribution in [0.4, 0.5) is 24.7 Å². The highest BCUT2D eigenvalue weighted by Crippen LogP contribution is 2.33. The Bertz CT molecular complexity index is 1110. The molecule has 1 aliphatic heterocycles. The van der Waals surface area contributed by atoms with Crippen molar-refractivity contribution >= 4 is 17.4 Å². The van der Waals surface area contributed by atoms with Crippen molar-refractivity contribution in [3.05, 3.63) is 59.9 Å². The Morgan fingerprint density at radius 3 is 2.61 bits per heavy atom. The van der Waals surface area contributed by atoms with Crippen LogP contribution in [0.3, 0.4) is 0 Å². The Hall–Kier alpha value is -3.60. The summed E-state index contributed by atoms with van der Waals surface area (Å²) in [6.45, 7) is 4.58. The first-order valence-electron chi connectivity index (χ1n) is 10.4. The number of morpholine rings is 1. The number of nitrogens with zero attached hydrogens (tertiary/aromatic N) is 4. The molecule has 0 aliphatic carbocycles. The van der Waals surface area contributed by atoms with E-state index in [1.54, 1.807) is 25.1 Å². The molecule has 1 aromatic carbocycles. The summed E-state index contributed by atoms with van der Waals surface area (Å²) in [4.78, 5) is 18.9. The molecule has 33 heavy (non-hydrogen) atoms. The molecule has 11 heteroatoms. The van der Waals surface area contributed by atoms with Crippen LogP contribution in [0.5, 0.6) is 5.88 Å². The quantitative estimate of drug-likeness (QED) is 0.602. The van der Waals surface area contributed by atoms with Gasteiger partial charge in [0.1, 0.15) is 5.82 Å². The second-order valence-corrected chi connectivity index (χ2v) is 7.22. The summed E-state index contributed by atoms with van der Waals surface area (Å²) in [6, 6.07) is 10.8. The first-order chi connectivity index (χ1) is 15.8. The third-order valence-corrected chi connectivity index (χ3v) is 4.99. The van der Waals surface area contributed by atoms with Crippen molar-refractivity contribution in [3.8, 4) is 11.6 Å². The SMILES string of the molecule is CCOc1cc(C(F)(F)F)n(-c2ccc(NC(=O)c3cccc(N4CCOCC4)c3)nc2)n1. The summed E-state index contributed by atoms with van der Waals surface area (Å²) >= 11 is 0. The molecule has 1 saturated heterocycles. The topological polar surface area (TPSA) is 81.5 Å². The number of carbonyl (C=O) groups is 1. The summed E-state index contributed by atoms with van der Waals surface area (Å²) in [7, 11) is 0. The van der Waals surface area contributed by atoms with Gasteiger partial charge >= 0.3 is 6.18 Å². The average Bonchev–Trinajstić information content (AvgIpc) is 3.25. The van der Waals surface area contributed by atoms with E-state index in [9.17, 15) is 18.0 Å². The van der Waals surface area contributed by atoms with E-state index in [4.69, 9.17) is 9.47 Å². The lowest BCUT2D eigenvalue weighted by molar-refractivity contribution is -0.142. The molecule has 8 nitrogen and oxygen atoms in total. The third-order valence-electron chi connectivity index (χ3n) is 4.99. The summed E-state index contributed by atoms with van der Waals surface area (Å²) in [5, 5.41) is 6.53. The smallest absolute Gasteiger partial charge is 0.433 e. The van der Waals surface area contributed by atoms with Crippen molar-refractivity contribution in [1.82, 2.24) is 14.8 Å². The van der Waals surface area contributed by atoms with Gasteiger partial charge in [-0.2, -0.15) is 13.2 Å². The van der Waals surface area contributed by atoms with Gasteiger partial charge in [0.25, 0.3) is 5.91 Å². The monoisotopic (exact) mass is 461 g/mol. The van der Waals surface area contributed by atoms with Crippen LogP contribution < -0.4 is 15.0 Å². The van der Waals surface area contributed by atoms with Gasteiger partial charge in [-0.05, 0) is 37.3 Å². The highest BCUT2D eigenvalue weighted by atomic mass is 19.4. The van der Waals surface area contributed by atoms with Crippen molar-refractivity contribution < 1.29 is 27.4 Å². The van der Waals surface area contributed by atoms with Crippen molar-refractivity contribution in [2.45, 2.75) is 13.1 Å². The first-order valence-corrected chi connectivity index (χ1v) is 10.4. The molecule has 1 amide bonds. The largest absolute Gasteiger partial charge is 0.477 e. The molecule has 1 fully saturated rings. The molecule has 1 N–H and O–H groups in total. The number of aromatic nitrogens is 3. The fraction of sp³-hybridized carbons (Fsp3) is 0.318. The van der Waals surface area contributed by atoms with E-state index in [0.717, 1.165) is 29.5 Å². The normalized spacial score (nSPS) is 14.2. The number of amides is 1. The first kappa shape index (κ1) is 22.6. The maximum Gasteiger partial charge on any atom is 0.433 e. The van der Waals surface area contributed by atoms with Gasteiger partial charge in [0.05, 0.1) is 31.7 Å². The van der Waals surface area contributed by atoms with Crippen LogP contribution in [0, 0.1) is 0 Å². The minimum Gasteiger partial charge on any atom is -0.477 e. The predicted octanol–water partition coefficient (Wildman–Crippen LogP) is 3.77. The van der Waals surface area contributed by atoms with Gasteiger partial charge in [-0.25, -0.2) is 9.67 Å². The van der Waals surface area contributed by atoms with Gasteiger partial charge in [0.15, 0.2) is 5.69 Å². The zero-order valence-electron chi connectivity index (χ0n) is 17.8. The maximum absolute atomic E-state index is 13.4. The lowest BCUT2D eigenvalue weighted by Gasteiger charge is -2.29. The predicted molar refractivity (Wildman–Crippen MR) is 115 cm³/mol. The molecule has 0 bridgehead atoms. The number of pyridine rings is 1. The summed E-state index contributed by atoms with van der Waals surface area (Å²) in [6.07, 6.45) is -3.42. The van der Waals surface area contributed by atoms with Gasteiger partial charge in [-0.1, -0.05) is 6.07 Å². The second kappa shape index (κ2) is 9.49. The molecule has 0 spiro atoms. The van der Waals surface area contributed by atoms with E-state index in [0.29, 0.717) is 18.8 Å². The van der Waals surface area contributed by atoms with E-state index in [2.05, 4.69) is 20.3 Å². The molecule has 2 aromatic heterocycles.